The molecule has 1 aromatic rings. The number of aliphatic carboxylic acids is 1. The second-order valence-electron chi connectivity index (χ2n) is 6.23. The molecule has 2 heterocycles. The first-order valence-corrected chi connectivity index (χ1v) is 7.91. The molecule has 6 heteroatoms. The number of carbonyl (C=O) groups excluding carboxylic acids is 1. The zero-order valence-corrected chi connectivity index (χ0v) is 12.9. The number of aliphatic hydroxyl groups excluding tert-OH is 1. The summed E-state index contributed by atoms with van der Waals surface area (Å²) in [4.78, 5) is 24.4. The van der Waals surface area contributed by atoms with E-state index in [-0.39, 0.29) is 18.4 Å². The SMILES string of the molecule is O=C(O)CC1Cc2ccccc2C2(CCN(C(=O)CO)CC2)O1. The van der Waals surface area contributed by atoms with E-state index in [4.69, 9.17) is 14.9 Å². The molecule has 1 fully saturated rings. The van der Waals surface area contributed by atoms with Gasteiger partial charge in [0.15, 0.2) is 0 Å². The van der Waals surface area contributed by atoms with Gasteiger partial charge in [-0.15, -0.1) is 0 Å². The van der Waals surface area contributed by atoms with Gasteiger partial charge in [-0.25, -0.2) is 0 Å². The molecule has 1 aromatic carbocycles. The van der Waals surface area contributed by atoms with Crippen LogP contribution in [0, 0.1) is 0 Å². The number of fused-ring (bicyclic) bond motifs is 2. The van der Waals surface area contributed by atoms with Gasteiger partial charge in [-0.3, -0.25) is 9.59 Å². The third-order valence-corrected chi connectivity index (χ3v) is 4.81. The fraction of sp³-hybridized carbons (Fsp3) is 0.529. The Morgan fingerprint density at radius 1 is 1.26 bits per heavy atom. The van der Waals surface area contributed by atoms with Crippen LogP contribution in [0.3, 0.4) is 0 Å². The maximum absolute atomic E-state index is 11.7. The number of piperidine rings is 1. The first kappa shape index (κ1) is 16.0. The zero-order valence-electron chi connectivity index (χ0n) is 12.9. The van der Waals surface area contributed by atoms with Gasteiger partial charge in [-0.2, -0.15) is 0 Å². The van der Waals surface area contributed by atoms with Crippen molar-refractivity contribution in [3.63, 3.8) is 0 Å². The van der Waals surface area contributed by atoms with E-state index in [9.17, 15) is 9.59 Å². The molecule has 1 amide bonds. The number of hydrogen-bond donors (Lipinski definition) is 2. The van der Waals surface area contributed by atoms with Gasteiger partial charge in [0.25, 0.3) is 0 Å². The van der Waals surface area contributed by atoms with Crippen LogP contribution >= 0.6 is 0 Å². The minimum atomic E-state index is -0.863. The average Bonchev–Trinajstić information content (AvgIpc) is 2.54. The molecule has 6 nitrogen and oxygen atoms in total. The lowest BCUT2D eigenvalue weighted by Crippen LogP contribution is -2.51. The number of aliphatic hydroxyl groups is 1. The molecule has 2 aliphatic rings. The Kier molecular flexibility index (Phi) is 4.37. The van der Waals surface area contributed by atoms with E-state index in [1.807, 2.05) is 24.3 Å². The molecule has 0 saturated carbocycles. The summed E-state index contributed by atoms with van der Waals surface area (Å²) < 4.78 is 6.23. The van der Waals surface area contributed by atoms with E-state index in [0.29, 0.717) is 32.4 Å². The number of nitrogens with zero attached hydrogens (tertiary/aromatic N) is 1. The maximum atomic E-state index is 11.7. The maximum Gasteiger partial charge on any atom is 0.305 e. The van der Waals surface area contributed by atoms with Gasteiger partial charge in [0, 0.05) is 13.1 Å². The summed E-state index contributed by atoms with van der Waals surface area (Å²) >= 11 is 0. The van der Waals surface area contributed by atoms with Crippen molar-refractivity contribution in [3.8, 4) is 0 Å². The van der Waals surface area contributed by atoms with E-state index >= 15 is 0 Å². The largest absolute Gasteiger partial charge is 0.481 e. The Morgan fingerprint density at radius 3 is 2.61 bits per heavy atom. The highest BCUT2D eigenvalue weighted by molar-refractivity contribution is 5.77. The zero-order chi connectivity index (χ0) is 16.4. The van der Waals surface area contributed by atoms with Crippen LogP contribution in [-0.4, -0.2) is 52.8 Å². The molecule has 1 unspecified atom stereocenters. The van der Waals surface area contributed by atoms with Gasteiger partial charge in [-0.05, 0) is 30.4 Å². The Bertz CT molecular complexity index is 607. The predicted molar refractivity (Wildman–Crippen MR) is 81.8 cm³/mol. The number of rotatable bonds is 3. The van der Waals surface area contributed by atoms with Crippen LogP contribution in [0.15, 0.2) is 24.3 Å². The van der Waals surface area contributed by atoms with Gasteiger partial charge < -0.3 is 19.8 Å². The Balaban J connectivity index is 1.85. The van der Waals surface area contributed by atoms with Crippen molar-refractivity contribution >= 4 is 11.9 Å². The summed E-state index contributed by atoms with van der Waals surface area (Å²) in [5.74, 6) is -1.14. The molecular weight excluding hydrogens is 298 g/mol. The monoisotopic (exact) mass is 319 g/mol. The van der Waals surface area contributed by atoms with Gasteiger partial charge in [0.2, 0.25) is 5.91 Å². The third-order valence-electron chi connectivity index (χ3n) is 4.81. The molecule has 0 aromatic heterocycles. The Hall–Kier alpha value is -1.92. The van der Waals surface area contributed by atoms with Crippen LogP contribution in [0.2, 0.25) is 0 Å². The van der Waals surface area contributed by atoms with Gasteiger partial charge in [-0.1, -0.05) is 24.3 Å². The number of hydrogen-bond acceptors (Lipinski definition) is 4. The Labute approximate surface area is 134 Å². The van der Waals surface area contributed by atoms with Crippen LogP contribution in [0.1, 0.15) is 30.4 Å². The predicted octanol–water partition coefficient (Wildman–Crippen LogP) is 0.913. The molecule has 1 saturated heterocycles. The highest BCUT2D eigenvalue weighted by Crippen LogP contribution is 2.43. The lowest BCUT2D eigenvalue weighted by Gasteiger charge is -2.47. The van der Waals surface area contributed by atoms with Crippen molar-refractivity contribution in [3.05, 3.63) is 35.4 Å². The third kappa shape index (κ3) is 3.09. The summed E-state index contributed by atoms with van der Waals surface area (Å²) in [6.45, 7) is 0.535. The van der Waals surface area contributed by atoms with E-state index in [1.165, 1.54) is 0 Å². The van der Waals surface area contributed by atoms with Crippen molar-refractivity contribution in [2.24, 2.45) is 0 Å². The van der Waals surface area contributed by atoms with Gasteiger partial charge in [0.05, 0.1) is 18.1 Å². The number of likely N-dealkylation sites (tertiary alicyclic amines) is 1. The molecule has 3 rings (SSSR count). The van der Waals surface area contributed by atoms with E-state index in [1.54, 1.807) is 4.90 Å². The van der Waals surface area contributed by atoms with Crippen molar-refractivity contribution < 1.29 is 24.5 Å². The minimum absolute atomic E-state index is 0.0185. The van der Waals surface area contributed by atoms with Crippen molar-refractivity contribution in [2.75, 3.05) is 19.7 Å². The molecule has 0 bridgehead atoms. The van der Waals surface area contributed by atoms with Crippen LogP contribution in [-0.2, 0) is 26.3 Å². The van der Waals surface area contributed by atoms with Crippen LogP contribution < -0.4 is 0 Å². The molecule has 0 aliphatic carbocycles. The van der Waals surface area contributed by atoms with E-state index < -0.39 is 18.2 Å². The second-order valence-corrected chi connectivity index (χ2v) is 6.23. The summed E-state index contributed by atoms with van der Waals surface area (Å²) in [5.41, 5.74) is 1.71. The van der Waals surface area contributed by atoms with Crippen molar-refractivity contribution in [1.82, 2.24) is 4.90 Å². The topological polar surface area (TPSA) is 87.1 Å². The summed E-state index contributed by atoms with van der Waals surface area (Å²) in [5, 5.41) is 18.1. The van der Waals surface area contributed by atoms with E-state index in [2.05, 4.69) is 0 Å². The number of benzene rings is 1. The molecule has 0 radical (unpaired) electrons. The first-order chi connectivity index (χ1) is 11.0. The molecule has 2 N–H and O–H groups in total. The molecule has 23 heavy (non-hydrogen) atoms. The molecule has 1 atom stereocenters. The van der Waals surface area contributed by atoms with Crippen LogP contribution in [0.4, 0.5) is 0 Å². The highest BCUT2D eigenvalue weighted by atomic mass is 16.5. The number of carboxylic acid groups (broad SMARTS) is 1. The minimum Gasteiger partial charge on any atom is -0.481 e. The summed E-state index contributed by atoms with van der Waals surface area (Å²) in [6, 6.07) is 7.99. The lowest BCUT2D eigenvalue weighted by molar-refractivity contribution is -0.162. The number of carboxylic acids is 1. The fourth-order valence-electron chi connectivity index (χ4n) is 3.73. The standard InChI is InChI=1S/C17H21NO5/c19-11-15(20)18-7-5-17(6-8-18)14-4-2-1-3-12(14)9-13(23-17)10-16(21)22/h1-4,13,19H,5-11H2,(H,21,22). The normalized spacial score (nSPS) is 22.7. The molecule has 1 spiro atoms. The van der Waals surface area contributed by atoms with Gasteiger partial charge in [0.1, 0.15) is 6.61 Å². The molecule has 124 valence electrons. The van der Waals surface area contributed by atoms with E-state index in [0.717, 1.165) is 11.1 Å². The quantitative estimate of drug-likeness (QED) is 0.865. The molecular formula is C17H21NO5. The average molecular weight is 319 g/mol. The number of amides is 1. The summed E-state index contributed by atoms with van der Waals surface area (Å²) in [6.07, 6.45) is 1.47. The smallest absolute Gasteiger partial charge is 0.305 e. The number of ether oxygens (including phenoxy) is 1. The Morgan fingerprint density at radius 2 is 1.96 bits per heavy atom. The number of carbonyl (C=O) groups is 2. The second kappa shape index (κ2) is 6.29. The molecule has 2 aliphatic heterocycles. The first-order valence-electron chi connectivity index (χ1n) is 7.91. The van der Waals surface area contributed by atoms with Gasteiger partial charge >= 0.3 is 5.97 Å². The van der Waals surface area contributed by atoms with Crippen molar-refractivity contribution in [2.45, 2.75) is 37.4 Å². The van der Waals surface area contributed by atoms with Crippen LogP contribution in [0.5, 0.6) is 0 Å². The summed E-state index contributed by atoms with van der Waals surface area (Å²) in [7, 11) is 0. The highest BCUT2D eigenvalue weighted by Gasteiger charge is 2.44. The van der Waals surface area contributed by atoms with Crippen LogP contribution in [0.25, 0.3) is 0 Å². The van der Waals surface area contributed by atoms with Crippen molar-refractivity contribution in [1.29, 1.82) is 0 Å². The fourth-order valence-corrected chi connectivity index (χ4v) is 3.73. The lowest BCUT2D eigenvalue weighted by atomic mass is 9.78.